The Kier molecular flexibility index (Phi) is 4.97. The predicted molar refractivity (Wildman–Crippen MR) is 90.3 cm³/mol. The zero-order valence-electron chi connectivity index (χ0n) is 14.4. The summed E-state index contributed by atoms with van der Waals surface area (Å²) < 4.78 is 0. The first-order valence-electron chi connectivity index (χ1n) is 8.72. The van der Waals surface area contributed by atoms with Crippen LogP contribution in [0.3, 0.4) is 0 Å². The van der Waals surface area contributed by atoms with Gasteiger partial charge in [0.1, 0.15) is 5.82 Å². The number of nitrogens with zero attached hydrogens (tertiary/aromatic N) is 4. The molecule has 0 aliphatic carbocycles. The predicted octanol–water partition coefficient (Wildman–Crippen LogP) is 1.05. The van der Waals surface area contributed by atoms with Gasteiger partial charge < -0.3 is 15.1 Å². The van der Waals surface area contributed by atoms with E-state index in [1.54, 1.807) is 11.8 Å². The van der Waals surface area contributed by atoms with Gasteiger partial charge >= 0.3 is 0 Å². The molecular formula is C17H25N5O2. The van der Waals surface area contributed by atoms with Gasteiger partial charge in [-0.05, 0) is 31.4 Å². The minimum Gasteiger partial charge on any atom is -0.369 e. The summed E-state index contributed by atoms with van der Waals surface area (Å²) in [5, 5.41) is 11.6. The van der Waals surface area contributed by atoms with Crippen LogP contribution < -0.4 is 5.32 Å². The zero-order chi connectivity index (χ0) is 17.1. The molecule has 1 fully saturated rings. The number of aromatic nitrogens is 2. The zero-order valence-corrected chi connectivity index (χ0v) is 14.4. The van der Waals surface area contributed by atoms with Gasteiger partial charge in [-0.15, -0.1) is 5.10 Å². The molecule has 0 saturated carbocycles. The fourth-order valence-electron chi connectivity index (χ4n) is 3.51. The highest BCUT2D eigenvalue weighted by atomic mass is 16.2. The molecule has 1 saturated heterocycles. The minimum absolute atomic E-state index is 0.0574. The van der Waals surface area contributed by atoms with Gasteiger partial charge in [-0.2, -0.15) is 5.10 Å². The Morgan fingerprint density at radius 2 is 2.12 bits per heavy atom. The third-order valence-corrected chi connectivity index (χ3v) is 4.83. The molecule has 2 aliphatic rings. The fourth-order valence-corrected chi connectivity index (χ4v) is 3.51. The molecule has 24 heavy (non-hydrogen) atoms. The van der Waals surface area contributed by atoms with E-state index in [0.717, 1.165) is 49.4 Å². The van der Waals surface area contributed by atoms with Crippen LogP contribution in [-0.4, -0.2) is 58.0 Å². The van der Waals surface area contributed by atoms with Crippen molar-refractivity contribution in [3.05, 3.63) is 17.3 Å². The number of hydrogen-bond acceptors (Lipinski definition) is 5. The molecule has 2 amide bonds. The summed E-state index contributed by atoms with van der Waals surface area (Å²) in [5.41, 5.74) is 2.05. The Morgan fingerprint density at radius 1 is 1.29 bits per heavy atom. The number of rotatable bonds is 3. The molecule has 0 bridgehead atoms. The van der Waals surface area contributed by atoms with Crippen LogP contribution in [-0.2, 0) is 22.6 Å². The molecule has 1 N–H and O–H groups in total. The Bertz CT molecular complexity index is 633. The monoisotopic (exact) mass is 331 g/mol. The Labute approximate surface area is 142 Å². The van der Waals surface area contributed by atoms with Gasteiger partial charge in [0.2, 0.25) is 11.8 Å². The van der Waals surface area contributed by atoms with Gasteiger partial charge in [-0.3, -0.25) is 9.59 Å². The number of fused-ring (bicyclic) bond motifs is 1. The topological polar surface area (TPSA) is 78.4 Å². The van der Waals surface area contributed by atoms with Crippen LogP contribution in [0, 0.1) is 5.92 Å². The lowest BCUT2D eigenvalue weighted by atomic mass is 9.95. The summed E-state index contributed by atoms with van der Waals surface area (Å²) in [5.74, 6) is 0.897. The largest absolute Gasteiger partial charge is 0.369 e. The molecular weight excluding hydrogens is 306 g/mol. The maximum absolute atomic E-state index is 12.9. The number of piperidine rings is 1. The van der Waals surface area contributed by atoms with E-state index in [1.165, 1.54) is 0 Å². The summed E-state index contributed by atoms with van der Waals surface area (Å²) >= 11 is 0. The maximum atomic E-state index is 12.9. The molecule has 0 spiro atoms. The Hall–Kier alpha value is -2.18. The van der Waals surface area contributed by atoms with Gasteiger partial charge in [-0.1, -0.05) is 0 Å². The van der Waals surface area contributed by atoms with Crippen molar-refractivity contribution >= 4 is 17.6 Å². The molecule has 3 heterocycles. The van der Waals surface area contributed by atoms with Crippen LogP contribution >= 0.6 is 0 Å². The summed E-state index contributed by atoms with van der Waals surface area (Å²) in [7, 11) is 0. The van der Waals surface area contributed by atoms with Crippen molar-refractivity contribution < 1.29 is 9.59 Å². The molecule has 7 nitrogen and oxygen atoms in total. The first-order valence-corrected chi connectivity index (χ1v) is 8.72. The van der Waals surface area contributed by atoms with Gasteiger partial charge in [0, 0.05) is 46.1 Å². The Morgan fingerprint density at radius 3 is 2.88 bits per heavy atom. The first kappa shape index (κ1) is 16.7. The summed E-state index contributed by atoms with van der Waals surface area (Å²) in [6.45, 7) is 6.96. The lowest BCUT2D eigenvalue weighted by molar-refractivity contribution is -0.140. The van der Waals surface area contributed by atoms with Crippen LogP contribution in [0.5, 0.6) is 0 Å². The van der Waals surface area contributed by atoms with Crippen LogP contribution in [0.25, 0.3) is 0 Å². The van der Waals surface area contributed by atoms with Crippen molar-refractivity contribution in [3.63, 3.8) is 0 Å². The highest BCUT2D eigenvalue weighted by molar-refractivity contribution is 5.81. The van der Waals surface area contributed by atoms with Crippen LogP contribution in [0.2, 0.25) is 0 Å². The van der Waals surface area contributed by atoms with E-state index >= 15 is 0 Å². The fraction of sp³-hybridized carbons (Fsp3) is 0.647. The molecule has 1 unspecified atom stereocenters. The summed E-state index contributed by atoms with van der Waals surface area (Å²) in [4.78, 5) is 28.2. The number of carbonyl (C=O) groups excluding carboxylic acids is 2. The van der Waals surface area contributed by atoms with E-state index < -0.39 is 0 Å². The third kappa shape index (κ3) is 3.49. The molecule has 1 aromatic heterocycles. The molecule has 2 aliphatic heterocycles. The van der Waals surface area contributed by atoms with Gasteiger partial charge in [0.25, 0.3) is 0 Å². The minimum atomic E-state index is -0.0766. The average Bonchev–Trinajstić information content (AvgIpc) is 2.61. The second kappa shape index (κ2) is 7.15. The van der Waals surface area contributed by atoms with E-state index in [9.17, 15) is 9.59 Å². The summed E-state index contributed by atoms with van der Waals surface area (Å²) in [6, 6.07) is 1.99. The first-order chi connectivity index (χ1) is 11.6. The van der Waals surface area contributed by atoms with E-state index in [1.807, 2.05) is 17.9 Å². The van der Waals surface area contributed by atoms with Crippen molar-refractivity contribution in [3.8, 4) is 0 Å². The third-order valence-electron chi connectivity index (χ3n) is 4.83. The van der Waals surface area contributed by atoms with Gasteiger partial charge in [0.15, 0.2) is 0 Å². The van der Waals surface area contributed by atoms with Crippen molar-refractivity contribution in [2.75, 3.05) is 31.5 Å². The summed E-state index contributed by atoms with van der Waals surface area (Å²) in [6.07, 6.45) is 2.50. The van der Waals surface area contributed by atoms with Crippen molar-refractivity contribution in [2.45, 2.75) is 39.7 Å². The second-order valence-electron chi connectivity index (χ2n) is 6.55. The van der Waals surface area contributed by atoms with Crippen LogP contribution in [0.1, 0.15) is 37.9 Å². The second-order valence-corrected chi connectivity index (χ2v) is 6.55. The number of carbonyl (C=O) groups is 2. The Balaban J connectivity index is 1.68. The highest BCUT2D eigenvalue weighted by Crippen LogP contribution is 2.24. The number of anilines is 1. The number of hydrogen-bond donors (Lipinski definition) is 1. The molecule has 130 valence electrons. The molecule has 1 aromatic rings. The van der Waals surface area contributed by atoms with Gasteiger partial charge in [-0.25, -0.2) is 0 Å². The van der Waals surface area contributed by atoms with Crippen LogP contribution in [0.4, 0.5) is 5.82 Å². The van der Waals surface area contributed by atoms with E-state index in [4.69, 9.17) is 0 Å². The molecule has 0 radical (unpaired) electrons. The maximum Gasteiger partial charge on any atom is 0.227 e. The normalized spacial score (nSPS) is 20.5. The lowest BCUT2D eigenvalue weighted by Crippen LogP contribution is -2.47. The van der Waals surface area contributed by atoms with Crippen LogP contribution in [0.15, 0.2) is 6.07 Å². The number of amides is 2. The van der Waals surface area contributed by atoms with Crippen molar-refractivity contribution in [2.24, 2.45) is 5.92 Å². The lowest BCUT2D eigenvalue weighted by Gasteiger charge is -2.36. The SMILES string of the molecule is CCNc1cc2c(nn1)CCN(C(=O)C1CCCN(C(C)=O)C1)C2. The average molecular weight is 331 g/mol. The smallest absolute Gasteiger partial charge is 0.227 e. The van der Waals surface area contributed by atoms with E-state index in [2.05, 4.69) is 15.5 Å². The molecule has 7 heteroatoms. The molecule has 0 aromatic carbocycles. The van der Waals surface area contributed by atoms with Crippen molar-refractivity contribution in [1.82, 2.24) is 20.0 Å². The standard InChI is InChI=1S/C17H25N5O2/c1-3-18-16-9-14-11-22(8-6-15(14)19-20-16)17(24)13-5-4-7-21(10-13)12(2)23/h9,13H,3-8,10-11H2,1-2H3,(H,18,20). The van der Waals surface area contributed by atoms with E-state index in [-0.39, 0.29) is 17.7 Å². The number of likely N-dealkylation sites (tertiary alicyclic amines) is 1. The van der Waals surface area contributed by atoms with E-state index in [0.29, 0.717) is 19.6 Å². The number of nitrogens with one attached hydrogen (secondary N) is 1. The molecule has 1 atom stereocenters. The van der Waals surface area contributed by atoms with Gasteiger partial charge in [0.05, 0.1) is 11.6 Å². The molecule has 3 rings (SSSR count). The highest BCUT2D eigenvalue weighted by Gasteiger charge is 2.32. The quantitative estimate of drug-likeness (QED) is 0.896. The van der Waals surface area contributed by atoms with Crippen molar-refractivity contribution in [1.29, 1.82) is 0 Å².